The molecule has 1 fully saturated rings. The smallest absolute Gasteiger partial charge is 0.308 e. The zero-order chi connectivity index (χ0) is 20.5. The first kappa shape index (κ1) is 24.5. The zero-order valence-electron chi connectivity index (χ0n) is 18.1. The van der Waals surface area contributed by atoms with Gasteiger partial charge in [-0.05, 0) is 57.2 Å². The summed E-state index contributed by atoms with van der Waals surface area (Å²) in [6.45, 7) is 7.85. The maximum absolute atomic E-state index is 11.9. The molecule has 3 rings (SSSR count). The lowest BCUT2D eigenvalue weighted by Gasteiger charge is -2.29. The number of nitrogens with zero attached hydrogens (tertiary/aromatic N) is 2. The number of guanidine groups is 1. The second-order valence-corrected chi connectivity index (χ2v) is 7.68. The van der Waals surface area contributed by atoms with Crippen molar-refractivity contribution in [3.63, 3.8) is 0 Å². The summed E-state index contributed by atoms with van der Waals surface area (Å²) in [7, 11) is 0. The summed E-state index contributed by atoms with van der Waals surface area (Å²) >= 11 is 0. The van der Waals surface area contributed by atoms with Gasteiger partial charge in [-0.15, -0.1) is 24.0 Å². The summed E-state index contributed by atoms with van der Waals surface area (Å²) in [5.74, 6) is 0.858. The molecule has 0 bridgehead atoms. The van der Waals surface area contributed by atoms with E-state index in [2.05, 4.69) is 58.9 Å². The molecule has 0 aromatic heterocycles. The normalized spacial score (nSPS) is 21.1. The van der Waals surface area contributed by atoms with E-state index in [1.54, 1.807) is 0 Å². The van der Waals surface area contributed by atoms with E-state index in [4.69, 9.17) is 9.73 Å². The van der Waals surface area contributed by atoms with E-state index in [1.807, 2.05) is 6.92 Å². The Morgan fingerprint density at radius 3 is 2.37 bits per heavy atom. The number of aliphatic imine (C=N–C) groups is 1. The highest BCUT2D eigenvalue weighted by Gasteiger charge is 2.27. The molecule has 7 heteroatoms. The average molecular weight is 526 g/mol. The summed E-state index contributed by atoms with van der Waals surface area (Å²) in [5, 5.41) is 6.89. The number of benzene rings is 1. The standard InChI is InChI=1S/C23H34N4O2.HI/c1-3-24-23(26-20-11-9-19(10-12-20)22(28)29-4-2)25-17-18-7-13-21(14-8-18)27-15-5-6-16-27;/h5-8,13-14,19-20H,3-4,9-12,15-17H2,1-2H3,(H2,24,25,26);1H. The van der Waals surface area contributed by atoms with Crippen molar-refractivity contribution in [3.8, 4) is 0 Å². The molecule has 0 spiro atoms. The number of ether oxygens (including phenoxy) is 1. The van der Waals surface area contributed by atoms with Crippen LogP contribution >= 0.6 is 24.0 Å². The highest BCUT2D eigenvalue weighted by molar-refractivity contribution is 14.0. The van der Waals surface area contributed by atoms with Crippen molar-refractivity contribution in [2.24, 2.45) is 10.9 Å². The Labute approximate surface area is 197 Å². The minimum atomic E-state index is -0.0420. The van der Waals surface area contributed by atoms with Crippen LogP contribution in [0.2, 0.25) is 0 Å². The first-order valence-electron chi connectivity index (χ1n) is 10.9. The predicted octanol–water partition coefficient (Wildman–Crippen LogP) is 3.86. The third-order valence-electron chi connectivity index (χ3n) is 5.57. The topological polar surface area (TPSA) is 66.0 Å². The lowest BCUT2D eigenvalue weighted by molar-refractivity contribution is -0.149. The number of nitrogens with one attached hydrogen (secondary N) is 2. The summed E-state index contributed by atoms with van der Waals surface area (Å²) in [6.07, 6.45) is 8.09. The Bertz CT molecular complexity index is 704. The molecule has 1 saturated carbocycles. The van der Waals surface area contributed by atoms with E-state index in [0.29, 0.717) is 19.2 Å². The fourth-order valence-electron chi connectivity index (χ4n) is 3.92. The van der Waals surface area contributed by atoms with Crippen LogP contribution in [0.15, 0.2) is 41.4 Å². The molecule has 2 N–H and O–H groups in total. The maximum atomic E-state index is 11.9. The fraction of sp³-hybridized carbons (Fsp3) is 0.565. The van der Waals surface area contributed by atoms with Gasteiger partial charge in [-0.2, -0.15) is 0 Å². The highest BCUT2D eigenvalue weighted by atomic mass is 127. The molecule has 6 nitrogen and oxygen atoms in total. The van der Waals surface area contributed by atoms with Crippen LogP contribution in [0.5, 0.6) is 0 Å². The third kappa shape index (κ3) is 7.18. The first-order valence-corrected chi connectivity index (χ1v) is 10.9. The number of rotatable bonds is 7. The van der Waals surface area contributed by atoms with Gasteiger partial charge in [-0.3, -0.25) is 4.79 Å². The van der Waals surface area contributed by atoms with Crippen LogP contribution in [0.25, 0.3) is 0 Å². The molecular weight excluding hydrogens is 491 g/mol. The van der Waals surface area contributed by atoms with Crippen LogP contribution in [-0.4, -0.2) is 44.2 Å². The molecule has 0 amide bonds. The summed E-state index contributed by atoms with van der Waals surface area (Å²) in [5.41, 5.74) is 2.45. The molecule has 1 aromatic rings. The largest absolute Gasteiger partial charge is 0.466 e. The highest BCUT2D eigenvalue weighted by Crippen LogP contribution is 2.25. The van der Waals surface area contributed by atoms with Crippen molar-refractivity contribution in [2.45, 2.75) is 52.1 Å². The van der Waals surface area contributed by atoms with Crippen molar-refractivity contribution in [2.75, 3.05) is 31.1 Å². The molecule has 1 aromatic carbocycles. The second-order valence-electron chi connectivity index (χ2n) is 7.68. The molecule has 0 atom stereocenters. The molecule has 0 unspecified atom stereocenters. The van der Waals surface area contributed by atoms with Crippen LogP contribution in [0.3, 0.4) is 0 Å². The molecule has 166 valence electrons. The van der Waals surface area contributed by atoms with Crippen LogP contribution in [0.4, 0.5) is 5.69 Å². The summed E-state index contributed by atoms with van der Waals surface area (Å²) in [6, 6.07) is 9.02. The number of hydrogen-bond donors (Lipinski definition) is 2. The Kier molecular flexibility index (Phi) is 10.5. The van der Waals surface area contributed by atoms with E-state index >= 15 is 0 Å². The number of carbonyl (C=O) groups is 1. The van der Waals surface area contributed by atoms with E-state index in [0.717, 1.165) is 51.3 Å². The van der Waals surface area contributed by atoms with Crippen molar-refractivity contribution in [1.82, 2.24) is 10.6 Å². The minimum Gasteiger partial charge on any atom is -0.466 e. The molecular formula is C23H35IN4O2. The van der Waals surface area contributed by atoms with E-state index < -0.39 is 0 Å². The number of carbonyl (C=O) groups excluding carboxylic acids is 1. The first-order chi connectivity index (χ1) is 14.2. The lowest BCUT2D eigenvalue weighted by atomic mass is 9.86. The van der Waals surface area contributed by atoms with E-state index in [9.17, 15) is 4.79 Å². The Morgan fingerprint density at radius 2 is 1.77 bits per heavy atom. The zero-order valence-corrected chi connectivity index (χ0v) is 20.4. The number of halogens is 1. The minimum absolute atomic E-state index is 0. The number of esters is 1. The van der Waals surface area contributed by atoms with Gasteiger partial charge in [0.2, 0.25) is 0 Å². The fourth-order valence-corrected chi connectivity index (χ4v) is 3.92. The van der Waals surface area contributed by atoms with Gasteiger partial charge in [0.15, 0.2) is 5.96 Å². The molecule has 1 aliphatic heterocycles. The van der Waals surface area contributed by atoms with Gasteiger partial charge in [-0.25, -0.2) is 4.99 Å². The summed E-state index contributed by atoms with van der Waals surface area (Å²) in [4.78, 5) is 19.0. The van der Waals surface area contributed by atoms with Crippen LogP contribution in [0.1, 0.15) is 45.1 Å². The van der Waals surface area contributed by atoms with Gasteiger partial charge in [0.05, 0.1) is 19.1 Å². The van der Waals surface area contributed by atoms with Gasteiger partial charge in [0.25, 0.3) is 0 Å². The molecule has 0 radical (unpaired) electrons. The van der Waals surface area contributed by atoms with Crippen molar-refractivity contribution >= 4 is 41.6 Å². The van der Waals surface area contributed by atoms with Crippen LogP contribution < -0.4 is 15.5 Å². The van der Waals surface area contributed by atoms with E-state index in [1.165, 1.54) is 11.3 Å². The molecule has 30 heavy (non-hydrogen) atoms. The quantitative estimate of drug-likeness (QED) is 0.186. The van der Waals surface area contributed by atoms with Gasteiger partial charge in [0.1, 0.15) is 0 Å². The van der Waals surface area contributed by atoms with Crippen LogP contribution in [0, 0.1) is 5.92 Å². The Balaban J connectivity index is 0.00000320. The lowest BCUT2D eigenvalue weighted by Crippen LogP contribution is -2.45. The van der Waals surface area contributed by atoms with Crippen molar-refractivity contribution in [1.29, 1.82) is 0 Å². The van der Waals surface area contributed by atoms with Gasteiger partial charge in [-0.1, -0.05) is 24.3 Å². The third-order valence-corrected chi connectivity index (χ3v) is 5.57. The monoisotopic (exact) mass is 526 g/mol. The SMILES string of the molecule is CCNC(=NCc1ccc(N2CC=CC2)cc1)NC1CCC(C(=O)OCC)CC1.I. The molecule has 1 heterocycles. The van der Waals surface area contributed by atoms with Crippen molar-refractivity contribution in [3.05, 3.63) is 42.0 Å². The van der Waals surface area contributed by atoms with Gasteiger partial charge >= 0.3 is 5.97 Å². The van der Waals surface area contributed by atoms with E-state index in [-0.39, 0.29) is 35.9 Å². The number of anilines is 1. The van der Waals surface area contributed by atoms with Crippen molar-refractivity contribution < 1.29 is 9.53 Å². The maximum Gasteiger partial charge on any atom is 0.308 e. The summed E-state index contributed by atoms with van der Waals surface area (Å²) < 4.78 is 5.16. The Morgan fingerprint density at radius 1 is 1.10 bits per heavy atom. The van der Waals surface area contributed by atoms with Crippen LogP contribution in [-0.2, 0) is 16.1 Å². The molecule has 2 aliphatic rings. The second kappa shape index (κ2) is 12.8. The number of hydrogen-bond acceptors (Lipinski definition) is 4. The molecule has 0 saturated heterocycles. The van der Waals surface area contributed by atoms with Gasteiger partial charge < -0.3 is 20.3 Å². The predicted molar refractivity (Wildman–Crippen MR) is 134 cm³/mol. The molecule has 1 aliphatic carbocycles. The average Bonchev–Trinajstić information content (AvgIpc) is 3.28. The Hall–Kier alpha value is -1.77. The van der Waals surface area contributed by atoms with Gasteiger partial charge in [0, 0.05) is 31.4 Å².